The van der Waals surface area contributed by atoms with Crippen LogP contribution in [0.3, 0.4) is 0 Å². The fourth-order valence-corrected chi connectivity index (χ4v) is 6.69. The first-order chi connectivity index (χ1) is 16.7. The Hall–Kier alpha value is -2.00. The number of sulfone groups is 1. The van der Waals surface area contributed by atoms with E-state index in [1.165, 1.54) is 6.07 Å². The third-order valence-corrected chi connectivity index (χ3v) is 9.28. The maximum Gasteiger partial charge on any atom is 0.327 e. The smallest absolute Gasteiger partial charge is 0.327 e. The molecule has 2 aromatic carbocycles. The zero-order valence-electron chi connectivity index (χ0n) is 20.2. The van der Waals surface area contributed by atoms with Gasteiger partial charge in [-0.1, -0.05) is 35.3 Å². The number of benzene rings is 2. The van der Waals surface area contributed by atoms with Crippen LogP contribution in [-0.4, -0.2) is 56.9 Å². The predicted molar refractivity (Wildman–Crippen MR) is 136 cm³/mol. The van der Waals surface area contributed by atoms with Crippen molar-refractivity contribution in [3.8, 4) is 11.5 Å². The topological polar surface area (TPSA) is 82.1 Å². The summed E-state index contributed by atoms with van der Waals surface area (Å²) >= 11 is 12.2. The van der Waals surface area contributed by atoms with Crippen LogP contribution in [-0.2, 0) is 25.9 Å². The van der Waals surface area contributed by atoms with E-state index in [9.17, 15) is 13.2 Å². The van der Waals surface area contributed by atoms with Gasteiger partial charge in [0.2, 0.25) is 0 Å². The van der Waals surface area contributed by atoms with Crippen molar-refractivity contribution in [2.45, 2.75) is 49.8 Å². The Morgan fingerprint density at radius 2 is 1.66 bits per heavy atom. The number of nitrogens with zero attached hydrogens (tertiary/aromatic N) is 1. The molecule has 0 bridgehead atoms. The lowest BCUT2D eigenvalue weighted by Crippen LogP contribution is -2.54. The third kappa shape index (κ3) is 5.71. The lowest BCUT2D eigenvalue weighted by atomic mass is 9.95. The van der Waals surface area contributed by atoms with Gasteiger partial charge >= 0.3 is 5.97 Å². The number of ether oxygens (including phenoxy) is 3. The van der Waals surface area contributed by atoms with E-state index in [1.54, 1.807) is 45.0 Å². The molecular formula is C25H31Cl2NO6S. The summed E-state index contributed by atoms with van der Waals surface area (Å²) in [5.41, 5.74) is 0.953. The second kappa shape index (κ2) is 11.8. The van der Waals surface area contributed by atoms with Crippen LogP contribution in [0.2, 0.25) is 10.0 Å². The molecule has 0 saturated carbocycles. The molecule has 192 valence electrons. The molecule has 0 radical (unpaired) electrons. The number of likely N-dealkylation sites (tertiary alicyclic amines) is 1. The molecule has 1 heterocycles. The van der Waals surface area contributed by atoms with Gasteiger partial charge in [-0.15, -0.1) is 0 Å². The highest BCUT2D eigenvalue weighted by Gasteiger charge is 2.55. The lowest BCUT2D eigenvalue weighted by Gasteiger charge is -2.39. The number of hydrogen-bond acceptors (Lipinski definition) is 7. The van der Waals surface area contributed by atoms with Crippen LogP contribution in [0, 0.1) is 0 Å². The van der Waals surface area contributed by atoms with E-state index in [2.05, 4.69) is 4.90 Å². The predicted octanol–water partition coefficient (Wildman–Crippen LogP) is 5.16. The molecule has 10 heteroatoms. The fourth-order valence-electron chi connectivity index (χ4n) is 4.29. The van der Waals surface area contributed by atoms with Gasteiger partial charge in [0.1, 0.15) is 4.90 Å². The van der Waals surface area contributed by atoms with Gasteiger partial charge in [0.15, 0.2) is 26.1 Å². The van der Waals surface area contributed by atoms with E-state index >= 15 is 0 Å². The number of rotatable bonds is 10. The van der Waals surface area contributed by atoms with Gasteiger partial charge in [-0.2, -0.15) is 0 Å². The zero-order chi connectivity index (χ0) is 25.6. The Morgan fingerprint density at radius 1 is 0.971 bits per heavy atom. The Labute approximate surface area is 217 Å². The van der Waals surface area contributed by atoms with E-state index in [4.69, 9.17) is 37.4 Å². The first-order valence-corrected chi connectivity index (χ1v) is 13.9. The Bertz CT molecular complexity index is 1150. The SMILES string of the molecule is CCOC(=O)C1(S(=O)(=O)c2cccc(OCC)c2OCC)CCN(Cc2ccc(Cl)c(Cl)c2)CC1. The molecule has 1 aliphatic heterocycles. The second-order valence-corrected chi connectivity index (χ2v) is 11.2. The first-order valence-electron chi connectivity index (χ1n) is 11.7. The Kier molecular flexibility index (Phi) is 9.32. The Balaban J connectivity index is 1.96. The molecule has 0 atom stereocenters. The van der Waals surface area contributed by atoms with Gasteiger partial charge < -0.3 is 14.2 Å². The summed E-state index contributed by atoms with van der Waals surface area (Å²) in [7, 11) is -4.19. The van der Waals surface area contributed by atoms with Crippen molar-refractivity contribution < 1.29 is 27.4 Å². The van der Waals surface area contributed by atoms with E-state index in [1.807, 2.05) is 6.07 Å². The minimum absolute atomic E-state index is 0.0590. The molecule has 7 nitrogen and oxygen atoms in total. The molecule has 3 rings (SSSR count). The van der Waals surface area contributed by atoms with Gasteiger partial charge in [0.25, 0.3) is 0 Å². The summed E-state index contributed by atoms with van der Waals surface area (Å²) in [6, 6.07) is 10.1. The molecule has 0 amide bonds. The highest BCUT2D eigenvalue weighted by atomic mass is 35.5. The Morgan fingerprint density at radius 3 is 2.26 bits per heavy atom. The molecule has 35 heavy (non-hydrogen) atoms. The van der Waals surface area contributed by atoms with Gasteiger partial charge in [-0.3, -0.25) is 9.69 Å². The number of hydrogen-bond donors (Lipinski definition) is 0. The number of piperidine rings is 1. The lowest BCUT2D eigenvalue weighted by molar-refractivity contribution is -0.147. The summed E-state index contributed by atoms with van der Waals surface area (Å²) < 4.78 is 43.2. The molecule has 0 aliphatic carbocycles. The minimum atomic E-state index is -4.19. The summed E-state index contributed by atoms with van der Waals surface area (Å²) in [4.78, 5) is 15.3. The van der Waals surface area contributed by atoms with Crippen LogP contribution in [0.25, 0.3) is 0 Å². The highest BCUT2D eigenvalue weighted by Crippen LogP contribution is 2.43. The maximum atomic E-state index is 14.1. The third-order valence-electron chi connectivity index (χ3n) is 6.04. The van der Waals surface area contributed by atoms with Crippen LogP contribution in [0.15, 0.2) is 41.3 Å². The monoisotopic (exact) mass is 543 g/mol. The van der Waals surface area contributed by atoms with Crippen molar-refractivity contribution in [1.82, 2.24) is 4.90 Å². The van der Waals surface area contributed by atoms with Gasteiger partial charge in [0, 0.05) is 19.6 Å². The van der Waals surface area contributed by atoms with Crippen molar-refractivity contribution in [1.29, 1.82) is 0 Å². The van der Waals surface area contributed by atoms with Crippen molar-refractivity contribution in [2.24, 2.45) is 0 Å². The van der Waals surface area contributed by atoms with Gasteiger partial charge in [-0.25, -0.2) is 8.42 Å². The molecular weight excluding hydrogens is 513 g/mol. The average molecular weight is 544 g/mol. The normalized spacial score (nSPS) is 16.0. The summed E-state index contributed by atoms with van der Waals surface area (Å²) in [5, 5.41) is 0.933. The second-order valence-electron chi connectivity index (χ2n) is 8.19. The van der Waals surface area contributed by atoms with Crippen LogP contribution in [0.5, 0.6) is 11.5 Å². The number of carbonyl (C=O) groups is 1. The minimum Gasteiger partial charge on any atom is -0.490 e. The average Bonchev–Trinajstić information content (AvgIpc) is 2.83. The van der Waals surface area contributed by atoms with Crippen molar-refractivity contribution in [2.75, 3.05) is 32.9 Å². The zero-order valence-corrected chi connectivity index (χ0v) is 22.5. The quantitative estimate of drug-likeness (QED) is 0.382. The standard InChI is InChI=1S/C25H31Cl2NO6S/c1-4-32-21-8-7-9-22(23(21)33-5-2)35(30,31)25(24(29)34-6-3)12-14-28(15-13-25)17-18-10-11-19(26)20(27)16-18/h7-11,16H,4-6,12-15,17H2,1-3H3. The molecule has 0 N–H and O–H groups in total. The van der Waals surface area contributed by atoms with Crippen LogP contribution < -0.4 is 9.47 Å². The molecule has 1 aliphatic rings. The van der Waals surface area contributed by atoms with Gasteiger partial charge in [0.05, 0.1) is 29.9 Å². The van der Waals surface area contributed by atoms with Gasteiger partial charge in [-0.05, 0) is 63.4 Å². The molecule has 1 saturated heterocycles. The van der Waals surface area contributed by atoms with Crippen LogP contribution in [0.4, 0.5) is 0 Å². The van der Waals surface area contributed by atoms with Crippen molar-refractivity contribution in [3.05, 3.63) is 52.0 Å². The number of para-hydroxylation sites is 1. The van der Waals surface area contributed by atoms with E-state index in [0.29, 0.717) is 42.0 Å². The molecule has 2 aromatic rings. The summed E-state index contributed by atoms with van der Waals surface area (Å²) in [6.07, 6.45) is 0.167. The molecule has 1 fully saturated rings. The molecule has 0 unspecified atom stereocenters. The summed E-state index contributed by atoms with van der Waals surface area (Å²) in [5.74, 6) is -0.288. The van der Waals surface area contributed by atoms with Crippen molar-refractivity contribution in [3.63, 3.8) is 0 Å². The van der Waals surface area contributed by atoms with Crippen LogP contribution in [0.1, 0.15) is 39.2 Å². The largest absolute Gasteiger partial charge is 0.490 e. The first kappa shape index (κ1) is 27.6. The number of halogens is 2. The van der Waals surface area contributed by atoms with Crippen molar-refractivity contribution >= 4 is 39.0 Å². The van der Waals surface area contributed by atoms with Crippen LogP contribution >= 0.6 is 23.2 Å². The maximum absolute atomic E-state index is 14.1. The van der Waals surface area contributed by atoms with E-state index < -0.39 is 20.6 Å². The summed E-state index contributed by atoms with van der Waals surface area (Å²) in [6.45, 7) is 7.23. The number of esters is 1. The molecule has 0 spiro atoms. The number of carbonyl (C=O) groups excluding carboxylic acids is 1. The highest BCUT2D eigenvalue weighted by molar-refractivity contribution is 7.93. The fraction of sp³-hybridized carbons (Fsp3) is 0.480. The van der Waals surface area contributed by atoms with E-state index in [0.717, 1.165) is 5.56 Å². The van der Waals surface area contributed by atoms with E-state index in [-0.39, 0.29) is 36.7 Å². The molecule has 0 aromatic heterocycles.